The van der Waals surface area contributed by atoms with E-state index < -0.39 is 11.9 Å². The van der Waals surface area contributed by atoms with Gasteiger partial charge in [-0.15, -0.1) is 0 Å². The Kier molecular flexibility index (Phi) is 16.3. The molecule has 4 rings (SSSR count). The molecule has 0 aliphatic heterocycles. The third-order valence-corrected chi connectivity index (χ3v) is 6.83. The molecule has 0 saturated carbocycles. The summed E-state index contributed by atoms with van der Waals surface area (Å²) in [6.45, 7) is 1.61. The predicted molar refractivity (Wildman–Crippen MR) is 183 cm³/mol. The Morgan fingerprint density at radius 3 is 0.864 bits per heavy atom. The molecule has 4 aromatic carbocycles. The van der Waals surface area contributed by atoms with Crippen LogP contribution >= 0.6 is 46.4 Å². The fourth-order valence-corrected chi connectivity index (χ4v) is 4.23. The van der Waals surface area contributed by atoms with E-state index in [1.807, 2.05) is 111 Å². The van der Waals surface area contributed by atoms with Crippen LogP contribution in [-0.2, 0) is 9.59 Å². The smallest absolute Gasteiger partial charge is 0.414 e. The first-order valence-electron chi connectivity index (χ1n) is 13.2. The van der Waals surface area contributed by atoms with Crippen LogP contribution in [0.25, 0.3) is 11.1 Å². The topological polar surface area (TPSA) is 98.7 Å². The second kappa shape index (κ2) is 19.6. The number of carboxylic acid groups (broad SMARTS) is 2. The van der Waals surface area contributed by atoms with Crippen molar-refractivity contribution in [2.24, 2.45) is 0 Å². The summed E-state index contributed by atoms with van der Waals surface area (Å²) in [7, 11) is 3.86. The van der Waals surface area contributed by atoms with Gasteiger partial charge in [0.2, 0.25) is 0 Å². The van der Waals surface area contributed by atoms with E-state index >= 15 is 0 Å². The Morgan fingerprint density at radius 1 is 0.500 bits per heavy atom. The molecule has 10 heteroatoms. The maximum absolute atomic E-state index is 9.10. The molecule has 0 heterocycles. The van der Waals surface area contributed by atoms with Gasteiger partial charge in [-0.2, -0.15) is 0 Å². The largest absolute Gasteiger partial charge is 0.473 e. The number of aliphatic carboxylic acids is 2. The van der Waals surface area contributed by atoms with Crippen molar-refractivity contribution < 1.29 is 19.8 Å². The Bertz CT molecular complexity index is 1320. The average molecular weight is 674 g/mol. The van der Waals surface area contributed by atoms with Crippen LogP contribution in [0.15, 0.2) is 109 Å². The molecule has 0 atom stereocenters. The molecule has 0 aliphatic carbocycles. The highest BCUT2D eigenvalue weighted by molar-refractivity contribution is 6.31. The zero-order valence-corrected chi connectivity index (χ0v) is 27.1. The fraction of sp³-hybridized carbons (Fsp3) is 0.118. The molecule has 0 unspecified atom stereocenters. The van der Waals surface area contributed by atoms with Crippen molar-refractivity contribution in [1.29, 1.82) is 0 Å². The van der Waals surface area contributed by atoms with Gasteiger partial charge in [-0.3, -0.25) is 0 Å². The van der Waals surface area contributed by atoms with Crippen LogP contribution in [0, 0.1) is 0 Å². The number of nitrogens with one attached hydrogen (secondary N) is 2. The van der Waals surface area contributed by atoms with Crippen LogP contribution < -0.4 is 10.6 Å². The molecule has 0 aliphatic rings. The van der Waals surface area contributed by atoms with E-state index in [4.69, 9.17) is 66.2 Å². The van der Waals surface area contributed by atoms with Crippen LogP contribution in [0.1, 0.15) is 22.3 Å². The Hall–Kier alpha value is -3.62. The van der Waals surface area contributed by atoms with E-state index in [9.17, 15) is 0 Å². The lowest BCUT2D eigenvalue weighted by molar-refractivity contribution is -0.159. The maximum Gasteiger partial charge on any atom is 0.414 e. The molecule has 0 fully saturated rings. The summed E-state index contributed by atoms with van der Waals surface area (Å²) in [5, 5.41) is 24.0. The van der Waals surface area contributed by atoms with Crippen molar-refractivity contribution in [2.75, 3.05) is 27.2 Å². The van der Waals surface area contributed by atoms with Crippen molar-refractivity contribution >= 4 is 69.5 Å². The summed E-state index contributed by atoms with van der Waals surface area (Å²) in [6, 6.07) is 31.4. The summed E-state index contributed by atoms with van der Waals surface area (Å²) in [5.74, 6) is -3.65. The van der Waals surface area contributed by atoms with Gasteiger partial charge in [0.1, 0.15) is 0 Å². The second-order valence-electron chi connectivity index (χ2n) is 8.99. The molecule has 0 spiro atoms. The van der Waals surface area contributed by atoms with Crippen molar-refractivity contribution in [3.63, 3.8) is 0 Å². The summed E-state index contributed by atoms with van der Waals surface area (Å²) in [4.78, 5) is 18.2. The SMILES string of the molecule is CNCC=C(c1ccc(Cl)cc1)c1ccc(Cl)cc1.CNCC=C(c1ccc(Cl)cc1)c1ccc(Cl)cc1.O=C(O)C(=O)O. The van der Waals surface area contributed by atoms with E-state index in [0.717, 1.165) is 55.4 Å². The molecule has 44 heavy (non-hydrogen) atoms. The predicted octanol–water partition coefficient (Wildman–Crippen LogP) is 8.44. The highest BCUT2D eigenvalue weighted by Gasteiger charge is 2.06. The lowest BCUT2D eigenvalue weighted by atomic mass is 9.97. The zero-order valence-electron chi connectivity index (χ0n) is 24.0. The number of rotatable bonds is 8. The van der Waals surface area contributed by atoms with Gasteiger partial charge < -0.3 is 20.8 Å². The number of benzene rings is 4. The van der Waals surface area contributed by atoms with E-state index in [1.54, 1.807) is 0 Å². The number of hydrogen-bond acceptors (Lipinski definition) is 4. The molecular formula is C34H32Cl4N2O4. The Balaban J connectivity index is 0.000000260. The van der Waals surface area contributed by atoms with Gasteiger partial charge in [-0.05, 0) is 96.0 Å². The van der Waals surface area contributed by atoms with Gasteiger partial charge >= 0.3 is 11.9 Å². The zero-order chi connectivity index (χ0) is 32.5. The quantitative estimate of drug-likeness (QED) is 0.140. The highest BCUT2D eigenvalue weighted by Crippen LogP contribution is 2.27. The van der Waals surface area contributed by atoms with Gasteiger partial charge in [0.05, 0.1) is 0 Å². The third kappa shape index (κ3) is 12.9. The first kappa shape index (κ1) is 36.6. The number of likely N-dealkylation sites (N-methyl/N-ethyl adjacent to an activating group) is 2. The van der Waals surface area contributed by atoms with E-state index in [1.165, 1.54) is 11.1 Å². The van der Waals surface area contributed by atoms with Crippen molar-refractivity contribution in [1.82, 2.24) is 10.6 Å². The van der Waals surface area contributed by atoms with Crippen LogP contribution in [0.4, 0.5) is 0 Å². The molecule has 0 saturated heterocycles. The van der Waals surface area contributed by atoms with Gasteiger partial charge in [-0.1, -0.05) is 107 Å². The molecule has 0 bridgehead atoms. The fourth-order valence-electron chi connectivity index (χ4n) is 3.73. The highest BCUT2D eigenvalue weighted by atomic mass is 35.5. The van der Waals surface area contributed by atoms with Gasteiger partial charge in [0.25, 0.3) is 0 Å². The first-order valence-corrected chi connectivity index (χ1v) is 14.8. The van der Waals surface area contributed by atoms with Gasteiger partial charge in [0.15, 0.2) is 0 Å². The van der Waals surface area contributed by atoms with E-state index in [0.29, 0.717) is 0 Å². The number of carbonyl (C=O) groups is 2. The minimum atomic E-state index is -1.82. The summed E-state index contributed by atoms with van der Waals surface area (Å²) < 4.78 is 0. The summed E-state index contributed by atoms with van der Waals surface area (Å²) in [6.07, 6.45) is 4.32. The summed E-state index contributed by atoms with van der Waals surface area (Å²) in [5.41, 5.74) is 6.90. The number of halogens is 4. The van der Waals surface area contributed by atoms with Crippen molar-refractivity contribution in [2.45, 2.75) is 0 Å². The molecule has 4 aromatic rings. The lowest BCUT2D eigenvalue weighted by Gasteiger charge is -2.09. The van der Waals surface area contributed by atoms with Crippen LogP contribution in [-0.4, -0.2) is 49.3 Å². The molecule has 0 amide bonds. The molecule has 0 aromatic heterocycles. The second-order valence-corrected chi connectivity index (χ2v) is 10.7. The minimum Gasteiger partial charge on any atom is -0.473 e. The minimum absolute atomic E-state index is 0.743. The van der Waals surface area contributed by atoms with Crippen molar-refractivity contribution in [3.05, 3.63) is 152 Å². The standard InChI is InChI=1S/2C16H15Cl2N.C2H2O4/c2*1-19-11-10-16(12-2-6-14(17)7-3-12)13-4-8-15(18)9-5-13;3-1(4)2(5)6/h2*2-10,19H,11H2,1H3;(H,3,4)(H,5,6). The van der Waals surface area contributed by atoms with E-state index in [2.05, 4.69) is 22.8 Å². The average Bonchev–Trinajstić information content (AvgIpc) is 3.01. The molecule has 0 radical (unpaired) electrons. The van der Waals surface area contributed by atoms with Crippen LogP contribution in [0.3, 0.4) is 0 Å². The lowest BCUT2D eigenvalue weighted by Crippen LogP contribution is -2.09. The number of hydrogen-bond donors (Lipinski definition) is 4. The molecule has 4 N–H and O–H groups in total. The maximum atomic E-state index is 9.10. The Labute approximate surface area is 277 Å². The van der Waals surface area contributed by atoms with Crippen LogP contribution in [0.2, 0.25) is 20.1 Å². The van der Waals surface area contributed by atoms with Crippen LogP contribution in [0.5, 0.6) is 0 Å². The summed E-state index contributed by atoms with van der Waals surface area (Å²) >= 11 is 23.8. The molecular weight excluding hydrogens is 642 g/mol. The van der Waals surface area contributed by atoms with Crippen molar-refractivity contribution in [3.8, 4) is 0 Å². The van der Waals surface area contributed by atoms with Gasteiger partial charge in [-0.25, -0.2) is 9.59 Å². The van der Waals surface area contributed by atoms with Gasteiger partial charge in [0, 0.05) is 33.2 Å². The normalized spacial score (nSPS) is 9.86. The monoisotopic (exact) mass is 672 g/mol. The molecule has 230 valence electrons. The number of carboxylic acids is 2. The molecule has 6 nitrogen and oxygen atoms in total. The van der Waals surface area contributed by atoms with E-state index in [-0.39, 0.29) is 0 Å². The third-order valence-electron chi connectivity index (χ3n) is 5.82. The first-order chi connectivity index (χ1) is 21.0. The Morgan fingerprint density at radius 2 is 0.705 bits per heavy atom.